The van der Waals surface area contributed by atoms with Crippen LogP contribution in [0.4, 0.5) is 5.82 Å². The highest BCUT2D eigenvalue weighted by molar-refractivity contribution is 6.33. The number of nitrogens with zero attached hydrogens (tertiary/aromatic N) is 2. The first-order valence-electron chi connectivity index (χ1n) is 7.46. The predicted octanol–water partition coefficient (Wildman–Crippen LogP) is 3.86. The number of rotatable bonds is 5. The van der Waals surface area contributed by atoms with Gasteiger partial charge >= 0.3 is 0 Å². The Morgan fingerprint density at radius 2 is 2.10 bits per heavy atom. The summed E-state index contributed by atoms with van der Waals surface area (Å²) >= 11 is 6.39. The summed E-state index contributed by atoms with van der Waals surface area (Å²) in [5.41, 5.74) is 1.23. The topological polar surface area (TPSA) is 28.2 Å². The van der Waals surface area contributed by atoms with Gasteiger partial charge in [0.15, 0.2) is 0 Å². The molecule has 1 fully saturated rings. The van der Waals surface area contributed by atoms with E-state index in [-0.39, 0.29) is 5.54 Å². The Morgan fingerprint density at radius 1 is 1.40 bits per heavy atom. The summed E-state index contributed by atoms with van der Waals surface area (Å²) < 4.78 is 0. The van der Waals surface area contributed by atoms with Crippen LogP contribution in [-0.2, 0) is 6.54 Å². The van der Waals surface area contributed by atoms with Crippen LogP contribution in [0.3, 0.4) is 0 Å². The van der Waals surface area contributed by atoms with Crippen LogP contribution in [0, 0.1) is 5.92 Å². The molecule has 1 aromatic rings. The molecule has 1 heterocycles. The van der Waals surface area contributed by atoms with Gasteiger partial charge in [-0.3, -0.25) is 0 Å². The van der Waals surface area contributed by atoms with Gasteiger partial charge in [-0.1, -0.05) is 18.0 Å². The van der Waals surface area contributed by atoms with Crippen molar-refractivity contribution < 1.29 is 0 Å². The first-order valence-corrected chi connectivity index (χ1v) is 7.83. The van der Waals surface area contributed by atoms with Crippen LogP contribution >= 0.6 is 11.6 Å². The first-order chi connectivity index (χ1) is 9.35. The average Bonchev–Trinajstić information content (AvgIpc) is 2.30. The predicted molar refractivity (Wildman–Crippen MR) is 86.5 cm³/mol. The van der Waals surface area contributed by atoms with Gasteiger partial charge in [0.05, 0.1) is 5.02 Å². The number of nitrogens with one attached hydrogen (secondary N) is 1. The lowest BCUT2D eigenvalue weighted by molar-refractivity contribution is 0.321. The lowest BCUT2D eigenvalue weighted by atomic mass is 9.85. The largest absolute Gasteiger partial charge is 0.358 e. The third-order valence-electron chi connectivity index (χ3n) is 3.82. The maximum absolute atomic E-state index is 6.39. The van der Waals surface area contributed by atoms with E-state index in [0.717, 1.165) is 35.4 Å². The fourth-order valence-electron chi connectivity index (χ4n) is 2.36. The molecule has 4 heteroatoms. The van der Waals surface area contributed by atoms with Gasteiger partial charge in [0.2, 0.25) is 0 Å². The maximum Gasteiger partial charge on any atom is 0.147 e. The van der Waals surface area contributed by atoms with Gasteiger partial charge in [-0.05, 0) is 51.2 Å². The quantitative estimate of drug-likeness (QED) is 0.894. The summed E-state index contributed by atoms with van der Waals surface area (Å²) in [4.78, 5) is 6.73. The molecule has 0 bridgehead atoms. The number of aromatic nitrogens is 1. The van der Waals surface area contributed by atoms with Crippen LogP contribution in [0.15, 0.2) is 12.3 Å². The smallest absolute Gasteiger partial charge is 0.147 e. The zero-order valence-electron chi connectivity index (χ0n) is 13.0. The number of hydrogen-bond acceptors (Lipinski definition) is 3. The van der Waals surface area contributed by atoms with E-state index in [9.17, 15) is 0 Å². The molecule has 1 saturated carbocycles. The summed E-state index contributed by atoms with van der Waals surface area (Å²) in [6, 6.07) is 2.03. The second-order valence-electron chi connectivity index (χ2n) is 6.93. The Hall–Kier alpha value is -0.800. The Bertz CT molecular complexity index is 450. The van der Waals surface area contributed by atoms with Gasteiger partial charge < -0.3 is 10.2 Å². The number of hydrogen-bond donors (Lipinski definition) is 1. The minimum absolute atomic E-state index is 0.103. The lowest BCUT2D eigenvalue weighted by Crippen LogP contribution is -2.35. The van der Waals surface area contributed by atoms with Crippen molar-refractivity contribution in [2.45, 2.75) is 52.1 Å². The summed E-state index contributed by atoms with van der Waals surface area (Å²) in [6.07, 6.45) is 5.99. The molecule has 1 N–H and O–H groups in total. The standard InChI is InChI=1S/C16H26ClN3/c1-16(2,3)19-10-13-8-14(17)15(18-9-13)20(4)11-12-6-5-7-12/h8-9,12,19H,5-7,10-11H2,1-4H3. The van der Waals surface area contributed by atoms with Crippen molar-refractivity contribution in [3.63, 3.8) is 0 Å². The monoisotopic (exact) mass is 295 g/mol. The molecule has 1 aliphatic carbocycles. The van der Waals surface area contributed by atoms with E-state index >= 15 is 0 Å². The second kappa shape index (κ2) is 6.31. The molecule has 0 unspecified atom stereocenters. The minimum Gasteiger partial charge on any atom is -0.358 e. The third kappa shape index (κ3) is 4.35. The highest BCUT2D eigenvalue weighted by Gasteiger charge is 2.20. The van der Waals surface area contributed by atoms with Crippen molar-refractivity contribution in [1.82, 2.24) is 10.3 Å². The average molecular weight is 296 g/mol. The van der Waals surface area contributed by atoms with Crippen LogP contribution in [0.25, 0.3) is 0 Å². The van der Waals surface area contributed by atoms with Crippen LogP contribution in [0.2, 0.25) is 5.02 Å². The lowest BCUT2D eigenvalue weighted by Gasteiger charge is -2.31. The minimum atomic E-state index is 0.103. The summed E-state index contributed by atoms with van der Waals surface area (Å²) in [7, 11) is 2.08. The molecule has 2 rings (SSSR count). The van der Waals surface area contributed by atoms with Crippen molar-refractivity contribution in [2.75, 3.05) is 18.5 Å². The molecule has 0 spiro atoms. The molecule has 0 atom stereocenters. The molecule has 3 nitrogen and oxygen atoms in total. The molecule has 20 heavy (non-hydrogen) atoms. The Balaban J connectivity index is 1.97. The number of halogens is 1. The van der Waals surface area contributed by atoms with Crippen LogP contribution in [0.1, 0.15) is 45.6 Å². The van der Waals surface area contributed by atoms with Crippen molar-refractivity contribution in [1.29, 1.82) is 0 Å². The van der Waals surface area contributed by atoms with E-state index in [1.165, 1.54) is 19.3 Å². The molecular formula is C16H26ClN3. The number of pyridine rings is 1. The molecule has 1 aromatic heterocycles. The van der Waals surface area contributed by atoms with Gasteiger partial charge in [-0.25, -0.2) is 4.98 Å². The molecule has 112 valence electrons. The van der Waals surface area contributed by atoms with Gasteiger partial charge in [0.1, 0.15) is 5.82 Å². The maximum atomic E-state index is 6.39. The third-order valence-corrected chi connectivity index (χ3v) is 4.10. The molecule has 0 aromatic carbocycles. The zero-order valence-corrected chi connectivity index (χ0v) is 13.8. The van der Waals surface area contributed by atoms with Crippen LogP contribution < -0.4 is 10.2 Å². The van der Waals surface area contributed by atoms with Crippen molar-refractivity contribution >= 4 is 17.4 Å². The highest BCUT2D eigenvalue weighted by Crippen LogP contribution is 2.30. The molecule has 0 amide bonds. The Labute approximate surface area is 127 Å². The molecular weight excluding hydrogens is 270 g/mol. The van der Waals surface area contributed by atoms with E-state index < -0.39 is 0 Å². The summed E-state index contributed by atoms with van der Waals surface area (Å²) in [5, 5.41) is 4.20. The number of anilines is 1. The van der Waals surface area contributed by atoms with Crippen LogP contribution in [-0.4, -0.2) is 24.1 Å². The molecule has 0 saturated heterocycles. The van der Waals surface area contributed by atoms with E-state index in [1.54, 1.807) is 0 Å². The van der Waals surface area contributed by atoms with Gasteiger partial charge in [0, 0.05) is 31.9 Å². The van der Waals surface area contributed by atoms with Crippen LogP contribution in [0.5, 0.6) is 0 Å². The fourth-order valence-corrected chi connectivity index (χ4v) is 2.70. The van der Waals surface area contributed by atoms with E-state index in [2.05, 4.69) is 43.0 Å². The van der Waals surface area contributed by atoms with Crippen molar-refractivity contribution in [2.24, 2.45) is 5.92 Å². The molecule has 0 aliphatic heterocycles. The Morgan fingerprint density at radius 3 is 2.60 bits per heavy atom. The van der Waals surface area contributed by atoms with Gasteiger partial charge in [-0.15, -0.1) is 0 Å². The van der Waals surface area contributed by atoms with E-state index in [0.29, 0.717) is 0 Å². The first kappa shape index (κ1) is 15.6. The molecule has 1 aliphatic rings. The van der Waals surface area contributed by atoms with Gasteiger partial charge in [0.25, 0.3) is 0 Å². The Kier molecular flexibility index (Phi) is 4.92. The normalized spacial score (nSPS) is 16.1. The second-order valence-corrected chi connectivity index (χ2v) is 7.34. The zero-order chi connectivity index (χ0) is 14.8. The van der Waals surface area contributed by atoms with Crippen molar-refractivity contribution in [3.05, 3.63) is 22.8 Å². The van der Waals surface area contributed by atoms with E-state index in [1.807, 2.05) is 12.3 Å². The highest BCUT2D eigenvalue weighted by atomic mass is 35.5. The molecule has 0 radical (unpaired) electrons. The fraction of sp³-hybridized carbons (Fsp3) is 0.688. The summed E-state index contributed by atoms with van der Waals surface area (Å²) in [6.45, 7) is 8.32. The summed E-state index contributed by atoms with van der Waals surface area (Å²) in [5.74, 6) is 1.72. The SMILES string of the molecule is CN(CC1CCC1)c1ncc(CNC(C)(C)C)cc1Cl. The van der Waals surface area contributed by atoms with E-state index in [4.69, 9.17) is 11.6 Å². The van der Waals surface area contributed by atoms with Gasteiger partial charge in [-0.2, -0.15) is 0 Å². The van der Waals surface area contributed by atoms with Crippen molar-refractivity contribution in [3.8, 4) is 0 Å².